The van der Waals surface area contributed by atoms with E-state index in [0.29, 0.717) is 12.3 Å². The predicted octanol–water partition coefficient (Wildman–Crippen LogP) is 3.71. The molecular weight excluding hydrogens is 158 g/mol. The van der Waals surface area contributed by atoms with Crippen molar-refractivity contribution in [3.8, 4) is 0 Å². The van der Waals surface area contributed by atoms with Crippen LogP contribution in [-0.4, -0.2) is 5.92 Å². The first-order chi connectivity index (χ1) is 5.45. The van der Waals surface area contributed by atoms with E-state index in [4.69, 9.17) is 0 Å². The minimum absolute atomic E-state index is 0.0946. The Morgan fingerprint density at radius 1 is 1.33 bits per heavy atom. The topological polar surface area (TPSA) is 0 Å². The lowest BCUT2D eigenvalue weighted by molar-refractivity contribution is -0.110. The molecule has 0 heterocycles. The lowest BCUT2D eigenvalue weighted by Gasteiger charge is -2.37. The van der Waals surface area contributed by atoms with Crippen molar-refractivity contribution in [2.45, 2.75) is 46.0 Å². The van der Waals surface area contributed by atoms with Gasteiger partial charge in [0.2, 0.25) is 0 Å². The summed E-state index contributed by atoms with van der Waals surface area (Å²) in [6.07, 6.45) is 1.77. The molecule has 72 valence electrons. The molecule has 1 aliphatic carbocycles. The molecular formula is C10H18F2. The fraction of sp³-hybridized carbons (Fsp3) is 1.00. The van der Waals surface area contributed by atoms with Crippen molar-refractivity contribution in [2.24, 2.45) is 17.8 Å². The molecule has 1 rings (SSSR count). The van der Waals surface area contributed by atoms with Gasteiger partial charge in [0.15, 0.2) is 0 Å². The van der Waals surface area contributed by atoms with E-state index in [0.717, 1.165) is 6.42 Å². The smallest absolute Gasteiger partial charge is 0.207 e. The van der Waals surface area contributed by atoms with E-state index in [1.165, 1.54) is 0 Å². The monoisotopic (exact) mass is 176 g/mol. The van der Waals surface area contributed by atoms with E-state index in [9.17, 15) is 8.78 Å². The van der Waals surface area contributed by atoms with Crippen LogP contribution in [0.4, 0.5) is 8.78 Å². The van der Waals surface area contributed by atoms with Gasteiger partial charge in [-0.2, -0.15) is 0 Å². The summed E-state index contributed by atoms with van der Waals surface area (Å²) < 4.78 is 26.4. The second-order valence-electron chi connectivity index (χ2n) is 4.35. The van der Waals surface area contributed by atoms with Gasteiger partial charge < -0.3 is 0 Å². The van der Waals surface area contributed by atoms with E-state index in [1.54, 1.807) is 6.92 Å². The molecule has 0 N–H and O–H groups in total. The third-order valence-corrected chi connectivity index (χ3v) is 3.21. The van der Waals surface area contributed by atoms with E-state index in [1.807, 2.05) is 13.8 Å². The Bertz CT molecular complexity index is 152. The van der Waals surface area contributed by atoms with Crippen LogP contribution < -0.4 is 0 Å². The maximum Gasteiger partial charge on any atom is 0.250 e. The average Bonchev–Trinajstić information content (AvgIpc) is 1.94. The molecule has 0 nitrogen and oxygen atoms in total. The molecule has 0 amide bonds. The highest BCUT2D eigenvalue weighted by Gasteiger charge is 2.44. The van der Waals surface area contributed by atoms with Crippen LogP contribution in [0.1, 0.15) is 40.0 Å². The van der Waals surface area contributed by atoms with Crippen LogP contribution in [-0.2, 0) is 0 Å². The third kappa shape index (κ3) is 1.78. The summed E-state index contributed by atoms with van der Waals surface area (Å²) in [4.78, 5) is 0. The Morgan fingerprint density at radius 2 is 1.92 bits per heavy atom. The van der Waals surface area contributed by atoms with Crippen molar-refractivity contribution in [1.82, 2.24) is 0 Å². The molecule has 0 unspecified atom stereocenters. The summed E-state index contributed by atoms with van der Waals surface area (Å²) in [5.41, 5.74) is 0. The van der Waals surface area contributed by atoms with Crippen molar-refractivity contribution >= 4 is 0 Å². The number of halogens is 2. The lowest BCUT2D eigenvalue weighted by Crippen LogP contribution is -2.38. The fourth-order valence-corrected chi connectivity index (χ4v) is 2.28. The van der Waals surface area contributed by atoms with E-state index >= 15 is 0 Å². The zero-order chi connectivity index (χ0) is 9.35. The highest BCUT2D eigenvalue weighted by molar-refractivity contribution is 4.86. The summed E-state index contributed by atoms with van der Waals surface area (Å²) >= 11 is 0. The summed E-state index contributed by atoms with van der Waals surface area (Å²) in [6, 6.07) is 0. The van der Waals surface area contributed by atoms with Gasteiger partial charge in [0.25, 0.3) is 5.92 Å². The van der Waals surface area contributed by atoms with Gasteiger partial charge in [-0.05, 0) is 24.7 Å². The van der Waals surface area contributed by atoms with Gasteiger partial charge >= 0.3 is 0 Å². The average molecular weight is 176 g/mol. The highest BCUT2D eigenvalue weighted by Crippen LogP contribution is 2.44. The Morgan fingerprint density at radius 3 is 2.33 bits per heavy atom. The van der Waals surface area contributed by atoms with Crippen LogP contribution in [0.25, 0.3) is 0 Å². The van der Waals surface area contributed by atoms with Crippen molar-refractivity contribution in [3.63, 3.8) is 0 Å². The standard InChI is InChI=1S/C10H18F2/c1-7(2)9-5-4-6-10(11,12)8(9)3/h7-9H,4-6H2,1-3H3/t8-,9-/m0/s1. The lowest BCUT2D eigenvalue weighted by atomic mass is 9.72. The van der Waals surface area contributed by atoms with Crippen LogP contribution >= 0.6 is 0 Å². The van der Waals surface area contributed by atoms with Gasteiger partial charge in [-0.15, -0.1) is 0 Å². The van der Waals surface area contributed by atoms with Gasteiger partial charge in [0, 0.05) is 12.3 Å². The summed E-state index contributed by atoms with van der Waals surface area (Å²) in [5, 5.41) is 0. The minimum Gasteiger partial charge on any atom is -0.207 e. The van der Waals surface area contributed by atoms with Gasteiger partial charge in [-0.3, -0.25) is 0 Å². The molecule has 0 aromatic rings. The first-order valence-electron chi connectivity index (χ1n) is 4.83. The van der Waals surface area contributed by atoms with Crippen molar-refractivity contribution in [1.29, 1.82) is 0 Å². The first-order valence-corrected chi connectivity index (χ1v) is 4.83. The molecule has 0 saturated heterocycles. The highest BCUT2D eigenvalue weighted by atomic mass is 19.3. The molecule has 12 heavy (non-hydrogen) atoms. The molecule has 2 atom stereocenters. The molecule has 0 aromatic heterocycles. The number of hydrogen-bond acceptors (Lipinski definition) is 0. The number of alkyl halides is 2. The second-order valence-corrected chi connectivity index (χ2v) is 4.35. The normalized spacial score (nSPS) is 35.5. The largest absolute Gasteiger partial charge is 0.250 e. The molecule has 2 heteroatoms. The van der Waals surface area contributed by atoms with Crippen LogP contribution in [0.5, 0.6) is 0 Å². The first kappa shape index (κ1) is 9.94. The summed E-state index contributed by atoms with van der Waals surface area (Å²) in [6.45, 7) is 5.79. The molecule has 0 aromatic carbocycles. The molecule has 1 fully saturated rings. The van der Waals surface area contributed by atoms with Crippen LogP contribution in [0, 0.1) is 17.8 Å². The molecule has 1 saturated carbocycles. The van der Waals surface area contributed by atoms with Gasteiger partial charge in [0.1, 0.15) is 0 Å². The van der Waals surface area contributed by atoms with Crippen molar-refractivity contribution in [2.75, 3.05) is 0 Å². The van der Waals surface area contributed by atoms with Gasteiger partial charge in [0.05, 0.1) is 0 Å². The molecule has 1 aliphatic rings. The van der Waals surface area contributed by atoms with Gasteiger partial charge in [-0.1, -0.05) is 20.8 Å². The minimum atomic E-state index is -2.41. The zero-order valence-electron chi connectivity index (χ0n) is 8.11. The number of hydrogen-bond donors (Lipinski definition) is 0. The summed E-state index contributed by atoms with van der Waals surface area (Å²) in [5.74, 6) is -2.22. The van der Waals surface area contributed by atoms with Crippen molar-refractivity contribution in [3.05, 3.63) is 0 Å². The molecule has 0 spiro atoms. The summed E-state index contributed by atoms with van der Waals surface area (Å²) in [7, 11) is 0. The molecule has 0 radical (unpaired) electrons. The van der Waals surface area contributed by atoms with E-state index in [-0.39, 0.29) is 12.3 Å². The SMILES string of the molecule is CC(C)[C@@H]1CCCC(F)(F)[C@H]1C. The quantitative estimate of drug-likeness (QED) is 0.571. The fourth-order valence-electron chi connectivity index (χ4n) is 2.28. The Balaban J connectivity index is 2.66. The van der Waals surface area contributed by atoms with Crippen LogP contribution in [0.3, 0.4) is 0 Å². The van der Waals surface area contributed by atoms with Crippen LogP contribution in [0.15, 0.2) is 0 Å². The van der Waals surface area contributed by atoms with Crippen molar-refractivity contribution < 1.29 is 8.78 Å². The number of rotatable bonds is 1. The van der Waals surface area contributed by atoms with E-state index < -0.39 is 11.8 Å². The molecule has 0 bridgehead atoms. The van der Waals surface area contributed by atoms with Crippen LogP contribution in [0.2, 0.25) is 0 Å². The molecule has 0 aliphatic heterocycles. The Hall–Kier alpha value is -0.140. The predicted molar refractivity (Wildman–Crippen MR) is 46.3 cm³/mol. The third-order valence-electron chi connectivity index (χ3n) is 3.21. The second kappa shape index (κ2) is 3.31. The van der Waals surface area contributed by atoms with E-state index in [2.05, 4.69) is 0 Å². The Labute approximate surface area is 73.3 Å². The zero-order valence-corrected chi connectivity index (χ0v) is 8.11. The Kier molecular flexibility index (Phi) is 2.74. The van der Waals surface area contributed by atoms with Gasteiger partial charge in [-0.25, -0.2) is 8.78 Å². The maximum atomic E-state index is 13.2. The maximum absolute atomic E-state index is 13.2.